The summed E-state index contributed by atoms with van der Waals surface area (Å²) in [6.07, 6.45) is -6.01. The molecule has 1 amide bonds. The van der Waals surface area contributed by atoms with Gasteiger partial charge in [-0.25, -0.2) is 0 Å². The first kappa shape index (κ1) is 17.8. The molecule has 0 aliphatic carbocycles. The van der Waals surface area contributed by atoms with Crippen LogP contribution in [0.25, 0.3) is 0 Å². The highest BCUT2D eigenvalue weighted by Crippen LogP contribution is 2.36. The van der Waals surface area contributed by atoms with Crippen LogP contribution in [0.3, 0.4) is 0 Å². The van der Waals surface area contributed by atoms with E-state index in [1.165, 1.54) is 26.1 Å². The van der Waals surface area contributed by atoms with Crippen LogP contribution in [0.2, 0.25) is 0 Å². The van der Waals surface area contributed by atoms with E-state index < -0.39 is 35.5 Å². The van der Waals surface area contributed by atoms with Gasteiger partial charge >= 0.3 is 12.1 Å². The van der Waals surface area contributed by atoms with E-state index in [1.54, 1.807) is 0 Å². The second kappa shape index (κ2) is 7.15. The number of carbonyl (C=O) groups excluding carboxylic acids is 1. The van der Waals surface area contributed by atoms with Crippen molar-refractivity contribution in [3.8, 4) is 5.75 Å². The van der Waals surface area contributed by atoms with Gasteiger partial charge in [-0.05, 0) is 19.1 Å². The largest absolute Gasteiger partial charge is 0.481 e. The summed E-state index contributed by atoms with van der Waals surface area (Å²) in [5, 5.41) is 8.55. The highest BCUT2D eigenvalue weighted by Gasteiger charge is 2.35. The first-order valence-electron chi connectivity index (χ1n) is 6.42. The normalized spacial score (nSPS) is 12.6. The predicted octanol–water partition coefficient (Wildman–Crippen LogP) is 2.41. The molecule has 0 saturated heterocycles. The Morgan fingerprint density at radius 3 is 2.45 bits per heavy atom. The average molecular weight is 319 g/mol. The Bertz CT molecular complexity index is 545. The molecule has 0 heterocycles. The molecule has 1 atom stereocenters. The van der Waals surface area contributed by atoms with Crippen LogP contribution in [0.4, 0.5) is 13.2 Å². The number of halogens is 3. The van der Waals surface area contributed by atoms with Crippen LogP contribution in [0.1, 0.15) is 18.9 Å². The van der Waals surface area contributed by atoms with Gasteiger partial charge in [-0.2, -0.15) is 13.2 Å². The summed E-state index contributed by atoms with van der Waals surface area (Å²) < 4.78 is 43.6. The van der Waals surface area contributed by atoms with Gasteiger partial charge in [-0.3, -0.25) is 9.59 Å². The first-order valence-corrected chi connectivity index (χ1v) is 6.42. The third kappa shape index (κ3) is 4.94. The van der Waals surface area contributed by atoms with Gasteiger partial charge in [0, 0.05) is 13.6 Å². The number of para-hydroxylation sites is 1. The summed E-state index contributed by atoms with van der Waals surface area (Å²) in [5.74, 6) is -2.11. The minimum atomic E-state index is -4.59. The Labute approximate surface area is 125 Å². The van der Waals surface area contributed by atoms with Gasteiger partial charge in [-0.15, -0.1) is 0 Å². The lowest BCUT2D eigenvalue weighted by atomic mass is 10.2. The van der Waals surface area contributed by atoms with E-state index in [-0.39, 0.29) is 13.0 Å². The molecule has 1 unspecified atom stereocenters. The zero-order valence-electron chi connectivity index (χ0n) is 12.1. The summed E-state index contributed by atoms with van der Waals surface area (Å²) in [6, 6.07) is 4.58. The molecule has 0 aromatic heterocycles. The Kier molecular flexibility index (Phi) is 5.78. The molecule has 0 bridgehead atoms. The van der Waals surface area contributed by atoms with E-state index in [2.05, 4.69) is 0 Å². The Balaban J connectivity index is 2.78. The fraction of sp³-hybridized carbons (Fsp3) is 0.429. The molecule has 0 saturated carbocycles. The lowest BCUT2D eigenvalue weighted by molar-refractivity contribution is -0.144. The third-order valence-corrected chi connectivity index (χ3v) is 2.88. The summed E-state index contributed by atoms with van der Waals surface area (Å²) in [6.45, 7) is 1.26. The number of likely N-dealkylation sites (N-methyl/N-ethyl adjacent to an activating group) is 1. The molecule has 5 nitrogen and oxygen atoms in total. The molecule has 122 valence electrons. The fourth-order valence-electron chi connectivity index (χ4n) is 1.73. The highest BCUT2D eigenvalue weighted by molar-refractivity contribution is 5.81. The Morgan fingerprint density at radius 2 is 1.91 bits per heavy atom. The summed E-state index contributed by atoms with van der Waals surface area (Å²) in [7, 11) is 1.36. The summed E-state index contributed by atoms with van der Waals surface area (Å²) in [5.41, 5.74) is -0.970. The van der Waals surface area contributed by atoms with Gasteiger partial charge in [0.2, 0.25) is 0 Å². The van der Waals surface area contributed by atoms with Gasteiger partial charge in [0.25, 0.3) is 5.91 Å². The number of rotatable bonds is 6. The van der Waals surface area contributed by atoms with Crippen LogP contribution in [-0.2, 0) is 15.8 Å². The third-order valence-electron chi connectivity index (χ3n) is 2.88. The molecule has 8 heteroatoms. The molecule has 0 fully saturated rings. The Morgan fingerprint density at radius 1 is 1.32 bits per heavy atom. The molecule has 0 spiro atoms. The number of benzene rings is 1. The van der Waals surface area contributed by atoms with Crippen LogP contribution in [-0.4, -0.2) is 41.6 Å². The molecule has 1 N–H and O–H groups in total. The number of alkyl halides is 3. The monoisotopic (exact) mass is 319 g/mol. The van der Waals surface area contributed by atoms with Crippen LogP contribution in [0.15, 0.2) is 24.3 Å². The van der Waals surface area contributed by atoms with Crippen LogP contribution < -0.4 is 4.74 Å². The van der Waals surface area contributed by atoms with Crippen molar-refractivity contribution in [2.24, 2.45) is 0 Å². The number of carbonyl (C=O) groups is 2. The number of amides is 1. The van der Waals surface area contributed by atoms with Gasteiger partial charge in [0.15, 0.2) is 6.10 Å². The van der Waals surface area contributed by atoms with Gasteiger partial charge < -0.3 is 14.7 Å². The maximum Gasteiger partial charge on any atom is 0.419 e. The standard InChI is InChI=1S/C14H16F3NO4/c1-9(13(21)18(2)8-7-12(19)20)22-11-6-4-3-5-10(11)14(15,16)17/h3-6,9H,7-8H2,1-2H3,(H,19,20). The maximum atomic E-state index is 12.8. The topological polar surface area (TPSA) is 66.8 Å². The number of carboxylic acid groups (broad SMARTS) is 1. The maximum absolute atomic E-state index is 12.8. The molecule has 22 heavy (non-hydrogen) atoms. The number of aliphatic carboxylic acids is 1. The van der Waals surface area contributed by atoms with E-state index in [0.717, 1.165) is 17.0 Å². The molecule has 1 aromatic rings. The van der Waals surface area contributed by atoms with E-state index in [4.69, 9.17) is 9.84 Å². The quantitative estimate of drug-likeness (QED) is 0.874. The summed E-state index contributed by atoms with van der Waals surface area (Å²) >= 11 is 0. The van der Waals surface area contributed by atoms with Crippen molar-refractivity contribution in [3.63, 3.8) is 0 Å². The SMILES string of the molecule is CC(Oc1ccccc1C(F)(F)F)C(=O)N(C)CCC(=O)O. The van der Waals surface area contributed by atoms with Gasteiger partial charge in [0.05, 0.1) is 12.0 Å². The fourth-order valence-corrected chi connectivity index (χ4v) is 1.73. The lowest BCUT2D eigenvalue weighted by Crippen LogP contribution is -2.39. The number of ether oxygens (including phenoxy) is 1. The van der Waals surface area contributed by atoms with Crippen LogP contribution in [0, 0.1) is 0 Å². The van der Waals surface area contributed by atoms with Crippen LogP contribution in [0.5, 0.6) is 5.75 Å². The summed E-state index contributed by atoms with van der Waals surface area (Å²) in [4.78, 5) is 23.5. The van der Waals surface area contributed by atoms with Crippen molar-refractivity contribution in [3.05, 3.63) is 29.8 Å². The number of hydrogen-bond acceptors (Lipinski definition) is 3. The second-order valence-electron chi connectivity index (χ2n) is 4.66. The van der Waals surface area contributed by atoms with E-state index in [9.17, 15) is 22.8 Å². The molecule has 0 aliphatic rings. The van der Waals surface area contributed by atoms with Crippen molar-refractivity contribution in [2.45, 2.75) is 25.6 Å². The zero-order chi connectivity index (χ0) is 16.9. The van der Waals surface area contributed by atoms with Crippen molar-refractivity contribution in [2.75, 3.05) is 13.6 Å². The lowest BCUT2D eigenvalue weighted by Gasteiger charge is -2.23. The van der Waals surface area contributed by atoms with E-state index >= 15 is 0 Å². The number of nitrogens with zero attached hydrogens (tertiary/aromatic N) is 1. The van der Waals surface area contributed by atoms with E-state index in [0.29, 0.717) is 0 Å². The van der Waals surface area contributed by atoms with E-state index in [1.807, 2.05) is 0 Å². The van der Waals surface area contributed by atoms with Crippen molar-refractivity contribution in [1.82, 2.24) is 4.90 Å². The minimum absolute atomic E-state index is 0.0528. The first-order chi connectivity index (χ1) is 10.1. The molecule has 1 rings (SSSR count). The van der Waals surface area contributed by atoms with Gasteiger partial charge in [0.1, 0.15) is 5.75 Å². The molecular weight excluding hydrogens is 303 g/mol. The molecular formula is C14H16F3NO4. The number of carboxylic acids is 1. The van der Waals surface area contributed by atoms with Crippen molar-refractivity contribution in [1.29, 1.82) is 0 Å². The highest BCUT2D eigenvalue weighted by atomic mass is 19.4. The molecule has 1 aromatic carbocycles. The van der Waals surface area contributed by atoms with Gasteiger partial charge in [-0.1, -0.05) is 12.1 Å². The molecule has 0 radical (unpaired) electrons. The van der Waals surface area contributed by atoms with Crippen molar-refractivity contribution >= 4 is 11.9 Å². The van der Waals surface area contributed by atoms with Crippen molar-refractivity contribution < 1.29 is 32.6 Å². The minimum Gasteiger partial charge on any atom is -0.481 e. The zero-order valence-corrected chi connectivity index (χ0v) is 12.1. The number of hydrogen-bond donors (Lipinski definition) is 1. The average Bonchev–Trinajstić information content (AvgIpc) is 2.43. The predicted molar refractivity (Wildman–Crippen MR) is 71.4 cm³/mol. The van der Waals surface area contributed by atoms with Crippen LogP contribution >= 0.6 is 0 Å². The smallest absolute Gasteiger partial charge is 0.419 e. The Hall–Kier alpha value is -2.25. The molecule has 0 aliphatic heterocycles. The second-order valence-corrected chi connectivity index (χ2v) is 4.66.